The van der Waals surface area contributed by atoms with E-state index in [1.165, 1.54) is 32.3 Å². The van der Waals surface area contributed by atoms with E-state index in [4.69, 9.17) is 6.57 Å². The van der Waals surface area contributed by atoms with Crippen molar-refractivity contribution in [3.05, 3.63) is 193 Å². The van der Waals surface area contributed by atoms with Crippen LogP contribution in [0.25, 0.3) is 98.7 Å². The minimum absolute atomic E-state index is 0.576. The predicted octanol–water partition coefficient (Wildman–Crippen LogP) is 13.0. The van der Waals surface area contributed by atoms with Crippen molar-refractivity contribution in [1.29, 1.82) is 5.26 Å². The Bertz CT molecular complexity index is 3000. The second-order valence-corrected chi connectivity index (χ2v) is 13.6. The molecule has 0 bridgehead atoms. The summed E-state index contributed by atoms with van der Waals surface area (Å²) in [7, 11) is 0. The van der Waals surface area contributed by atoms with Gasteiger partial charge in [-0.1, -0.05) is 115 Å². The van der Waals surface area contributed by atoms with Gasteiger partial charge in [0, 0.05) is 34.4 Å². The van der Waals surface area contributed by atoms with Gasteiger partial charge in [0.25, 0.3) is 0 Å². The summed E-state index contributed by atoms with van der Waals surface area (Å²) in [6, 6.07) is 59.1. The van der Waals surface area contributed by atoms with Crippen LogP contribution in [0.3, 0.4) is 0 Å². The Hall–Kier alpha value is -7.86. The van der Waals surface area contributed by atoms with Gasteiger partial charge >= 0.3 is 0 Å². The molecule has 0 amide bonds. The van der Waals surface area contributed by atoms with E-state index in [2.05, 4.69) is 165 Å². The topological polar surface area (TPSA) is 58.9 Å². The zero-order chi connectivity index (χ0) is 36.9. The first-order valence-corrected chi connectivity index (χ1v) is 18.1. The number of aromatic nitrogens is 3. The molecule has 0 saturated carbocycles. The van der Waals surface area contributed by atoms with E-state index in [1.807, 2.05) is 12.1 Å². The van der Waals surface area contributed by atoms with E-state index in [-0.39, 0.29) is 0 Å². The van der Waals surface area contributed by atoms with E-state index in [0.29, 0.717) is 11.3 Å². The normalized spacial score (nSPS) is 11.2. The molecule has 7 aromatic carbocycles. The minimum Gasteiger partial charge on any atom is -0.309 e. The number of benzene rings is 7. The Kier molecular flexibility index (Phi) is 7.51. The van der Waals surface area contributed by atoms with Gasteiger partial charge in [0.05, 0.1) is 40.6 Å². The third-order valence-corrected chi connectivity index (χ3v) is 10.5. The van der Waals surface area contributed by atoms with Crippen molar-refractivity contribution in [2.24, 2.45) is 0 Å². The first-order valence-electron chi connectivity index (χ1n) is 18.1. The van der Waals surface area contributed by atoms with Gasteiger partial charge in [0.1, 0.15) is 0 Å². The van der Waals surface area contributed by atoms with Gasteiger partial charge < -0.3 is 4.57 Å². The molecule has 3 aromatic heterocycles. The van der Waals surface area contributed by atoms with Crippen molar-refractivity contribution in [3.8, 4) is 56.5 Å². The Morgan fingerprint density at radius 2 is 0.964 bits per heavy atom. The van der Waals surface area contributed by atoms with Crippen LogP contribution in [0.4, 0.5) is 5.69 Å². The number of rotatable bonds is 5. The number of fused-ring (bicyclic) bond motifs is 7. The highest BCUT2D eigenvalue weighted by atomic mass is 15.0. The maximum absolute atomic E-state index is 9.45. The lowest BCUT2D eigenvalue weighted by molar-refractivity contribution is 1.18. The van der Waals surface area contributed by atoms with Crippen molar-refractivity contribution >= 4 is 49.0 Å². The molecule has 0 spiro atoms. The van der Waals surface area contributed by atoms with E-state index < -0.39 is 0 Å². The molecule has 5 nitrogen and oxygen atoms in total. The van der Waals surface area contributed by atoms with Crippen molar-refractivity contribution in [2.45, 2.75) is 0 Å². The summed E-state index contributed by atoms with van der Waals surface area (Å²) in [6.45, 7) is 7.45. The third kappa shape index (κ3) is 5.31. The summed E-state index contributed by atoms with van der Waals surface area (Å²) in [4.78, 5) is 12.7. The molecule has 0 radical (unpaired) electrons. The fourth-order valence-corrected chi connectivity index (χ4v) is 8.01. The van der Waals surface area contributed by atoms with Crippen LogP contribution in [0.15, 0.2) is 176 Å². The van der Waals surface area contributed by atoms with E-state index in [1.54, 1.807) is 24.5 Å². The summed E-state index contributed by atoms with van der Waals surface area (Å²) >= 11 is 0. The van der Waals surface area contributed by atoms with Crippen LogP contribution in [0.5, 0.6) is 0 Å². The number of hydrogen-bond donors (Lipinski definition) is 0. The van der Waals surface area contributed by atoms with Gasteiger partial charge in [-0.05, 0) is 97.9 Å². The summed E-state index contributed by atoms with van der Waals surface area (Å²) in [5.41, 5.74) is 12.5. The van der Waals surface area contributed by atoms with E-state index in [0.717, 1.165) is 61.5 Å². The van der Waals surface area contributed by atoms with Crippen molar-refractivity contribution < 1.29 is 0 Å². The number of nitrogens with zero attached hydrogens (tertiary/aromatic N) is 5. The molecule has 5 heteroatoms. The lowest BCUT2D eigenvalue weighted by Crippen LogP contribution is -1.95. The molecule has 10 aromatic rings. The Morgan fingerprint density at radius 3 is 1.49 bits per heavy atom. The van der Waals surface area contributed by atoms with Crippen LogP contribution in [0.1, 0.15) is 5.56 Å². The lowest BCUT2D eigenvalue weighted by Gasteiger charge is -2.13. The number of nitriles is 1. The monoisotopic (exact) mass is 699 g/mol. The van der Waals surface area contributed by atoms with Gasteiger partial charge in [-0.3, -0.25) is 9.97 Å². The van der Waals surface area contributed by atoms with Crippen LogP contribution >= 0.6 is 0 Å². The zero-order valence-electron chi connectivity index (χ0n) is 29.5. The first kappa shape index (κ1) is 31.8. The molecule has 0 saturated heterocycles. The largest absolute Gasteiger partial charge is 0.309 e. The van der Waals surface area contributed by atoms with Crippen molar-refractivity contribution in [2.75, 3.05) is 0 Å². The van der Waals surface area contributed by atoms with Crippen LogP contribution in [-0.2, 0) is 0 Å². The number of pyridine rings is 2. The summed E-state index contributed by atoms with van der Waals surface area (Å²) in [5.74, 6) is 0. The van der Waals surface area contributed by atoms with Crippen LogP contribution in [0, 0.1) is 17.9 Å². The molecule has 254 valence electrons. The van der Waals surface area contributed by atoms with Crippen LogP contribution in [0.2, 0.25) is 0 Å². The second kappa shape index (κ2) is 13.0. The van der Waals surface area contributed by atoms with Crippen LogP contribution in [-0.4, -0.2) is 14.5 Å². The molecular formula is C50H29N5. The molecule has 0 fully saturated rings. The molecule has 3 heterocycles. The zero-order valence-corrected chi connectivity index (χ0v) is 29.5. The van der Waals surface area contributed by atoms with Gasteiger partial charge in [0.2, 0.25) is 0 Å². The van der Waals surface area contributed by atoms with Gasteiger partial charge in [-0.2, -0.15) is 5.26 Å². The van der Waals surface area contributed by atoms with Gasteiger partial charge in [0.15, 0.2) is 5.69 Å². The Morgan fingerprint density at radius 1 is 0.491 bits per heavy atom. The summed E-state index contributed by atoms with van der Waals surface area (Å²) in [6.07, 6.45) is 3.38. The summed E-state index contributed by atoms with van der Waals surface area (Å²) in [5, 5.41) is 16.6. The molecule has 0 aliphatic heterocycles. The number of para-hydroxylation sites is 1. The molecule has 0 N–H and O–H groups in total. The SMILES string of the molecule is [C-]#[N+]c1ccnc(-c2ccc(-c3cc4c(c5ccccc35)c3c5ccccc5c(-c5ccc(-c6cc(C#N)ccn6)cc5)cc3n4-c3ccccc3)cc2)c1. The van der Waals surface area contributed by atoms with Crippen LogP contribution < -0.4 is 0 Å². The van der Waals surface area contributed by atoms with E-state index in [9.17, 15) is 5.26 Å². The number of hydrogen-bond acceptors (Lipinski definition) is 3. The van der Waals surface area contributed by atoms with E-state index >= 15 is 0 Å². The molecule has 0 aliphatic carbocycles. The quantitative estimate of drug-likeness (QED) is 0.168. The molecular weight excluding hydrogens is 671 g/mol. The molecule has 0 aliphatic rings. The standard InChI is InChI=1S/C50H29N5/c1-52-37-24-26-54-46(28-37)36-21-17-34(18-22-36)44-30-48-50(42-14-8-6-12-40(42)44)49-41-13-7-5-11-39(41)43(29-47(49)55(48)38-9-3-2-4-10-38)33-15-19-35(20-16-33)45-27-32(31-51)23-25-53-45/h2-30H. The Balaban J connectivity index is 1.23. The molecule has 0 unspecified atom stereocenters. The molecule has 10 rings (SSSR count). The fourth-order valence-electron chi connectivity index (χ4n) is 8.01. The molecule has 0 atom stereocenters. The van der Waals surface area contributed by atoms with Gasteiger partial charge in [-0.25, -0.2) is 4.85 Å². The summed E-state index contributed by atoms with van der Waals surface area (Å²) < 4.78 is 2.41. The van der Waals surface area contributed by atoms with Gasteiger partial charge in [-0.15, -0.1) is 0 Å². The minimum atomic E-state index is 0.576. The average molecular weight is 700 g/mol. The maximum Gasteiger partial charge on any atom is 0.190 e. The van der Waals surface area contributed by atoms with Crippen molar-refractivity contribution in [1.82, 2.24) is 14.5 Å². The highest BCUT2D eigenvalue weighted by Gasteiger charge is 2.21. The molecule has 55 heavy (non-hydrogen) atoms. The average Bonchev–Trinajstić information content (AvgIpc) is 3.61. The van der Waals surface area contributed by atoms with Crippen molar-refractivity contribution in [3.63, 3.8) is 0 Å². The third-order valence-electron chi connectivity index (χ3n) is 10.5. The smallest absolute Gasteiger partial charge is 0.190 e. The Labute approximate surface area is 317 Å². The highest BCUT2D eigenvalue weighted by Crippen LogP contribution is 2.46. The first-order chi connectivity index (χ1) is 27.2. The lowest BCUT2D eigenvalue weighted by atomic mass is 9.91. The second-order valence-electron chi connectivity index (χ2n) is 13.6. The highest BCUT2D eigenvalue weighted by molar-refractivity contribution is 6.31. The maximum atomic E-state index is 9.45. The predicted molar refractivity (Wildman–Crippen MR) is 224 cm³/mol. The fraction of sp³-hybridized carbons (Fsp3) is 0.